The van der Waals surface area contributed by atoms with Gasteiger partial charge in [0, 0.05) is 25.6 Å². The van der Waals surface area contributed by atoms with Gasteiger partial charge < -0.3 is 14.6 Å². The molecule has 2 heterocycles. The van der Waals surface area contributed by atoms with Crippen LogP contribution < -0.4 is 5.32 Å². The van der Waals surface area contributed by atoms with Gasteiger partial charge in [-0.1, -0.05) is 0 Å². The van der Waals surface area contributed by atoms with E-state index in [0.29, 0.717) is 4.90 Å². The molecule has 0 unspecified atom stereocenters. The largest absolute Gasteiger partial charge is 0.450 e. The van der Waals surface area contributed by atoms with Crippen molar-refractivity contribution in [3.05, 3.63) is 23.2 Å². The smallest absolute Gasteiger partial charge is 0.408 e. The molecule has 1 aromatic rings. The molecule has 24 heavy (non-hydrogen) atoms. The molecule has 0 radical (unpaired) electrons. The van der Waals surface area contributed by atoms with Crippen LogP contribution in [0.15, 0.2) is 10.5 Å². The molecule has 0 aliphatic carbocycles. The van der Waals surface area contributed by atoms with Gasteiger partial charge >= 0.3 is 6.18 Å². The van der Waals surface area contributed by atoms with E-state index in [0.717, 1.165) is 6.07 Å². The zero-order chi connectivity index (χ0) is 18.1. The number of hydrogen-bond acceptors (Lipinski definition) is 4. The number of rotatable bonds is 2. The van der Waals surface area contributed by atoms with E-state index in [4.69, 9.17) is 9.68 Å². The fraction of sp³-hybridized carbons (Fsp3) is 0.533. The van der Waals surface area contributed by atoms with Gasteiger partial charge in [0.2, 0.25) is 11.7 Å². The number of carbonyl (C=O) groups excluding carboxylic acids is 2. The molecule has 6 nitrogen and oxygen atoms in total. The number of nitrogens with zero attached hydrogens (tertiary/aromatic N) is 2. The molecule has 130 valence electrons. The first-order valence-corrected chi connectivity index (χ1v) is 7.28. The highest BCUT2D eigenvalue weighted by molar-refractivity contribution is 5.96. The van der Waals surface area contributed by atoms with Crippen LogP contribution in [0.2, 0.25) is 0 Å². The minimum Gasteiger partial charge on any atom is -0.450 e. The molecule has 1 aliphatic heterocycles. The van der Waals surface area contributed by atoms with Gasteiger partial charge in [-0.05, 0) is 19.8 Å². The third-order valence-electron chi connectivity index (χ3n) is 3.89. The van der Waals surface area contributed by atoms with Crippen molar-refractivity contribution in [2.24, 2.45) is 0 Å². The molecule has 2 atom stereocenters. The van der Waals surface area contributed by atoms with Crippen molar-refractivity contribution in [2.45, 2.75) is 44.9 Å². The lowest BCUT2D eigenvalue weighted by molar-refractivity contribution is -0.184. The van der Waals surface area contributed by atoms with Gasteiger partial charge in [0.25, 0.3) is 5.91 Å². The van der Waals surface area contributed by atoms with Gasteiger partial charge in [-0.3, -0.25) is 9.59 Å². The predicted octanol–water partition coefficient (Wildman–Crippen LogP) is 2.13. The lowest BCUT2D eigenvalue weighted by atomic mass is 9.96. The van der Waals surface area contributed by atoms with Crippen LogP contribution in [-0.2, 0) is 4.79 Å². The predicted molar refractivity (Wildman–Crippen MR) is 75.9 cm³/mol. The summed E-state index contributed by atoms with van der Waals surface area (Å²) in [4.78, 5) is 24.4. The number of aryl methyl sites for hydroxylation is 1. The summed E-state index contributed by atoms with van der Waals surface area (Å²) in [7, 11) is 0. The lowest BCUT2D eigenvalue weighted by Crippen LogP contribution is -2.58. The summed E-state index contributed by atoms with van der Waals surface area (Å²) in [5.74, 6) is -1.30. The van der Waals surface area contributed by atoms with Crippen LogP contribution in [0.25, 0.3) is 0 Å². The van der Waals surface area contributed by atoms with E-state index in [9.17, 15) is 22.8 Å². The van der Waals surface area contributed by atoms with Crippen LogP contribution in [0.4, 0.5) is 13.2 Å². The zero-order valence-corrected chi connectivity index (χ0v) is 13.1. The van der Waals surface area contributed by atoms with Crippen LogP contribution in [0.1, 0.15) is 41.6 Å². The third kappa shape index (κ3) is 3.69. The fourth-order valence-corrected chi connectivity index (χ4v) is 2.85. The van der Waals surface area contributed by atoms with Gasteiger partial charge in [-0.15, -0.1) is 0 Å². The maximum Gasteiger partial charge on any atom is 0.408 e. The summed E-state index contributed by atoms with van der Waals surface area (Å²) >= 11 is 0. The van der Waals surface area contributed by atoms with E-state index in [1.165, 1.54) is 13.8 Å². The lowest BCUT2D eigenvalue weighted by Gasteiger charge is -2.40. The van der Waals surface area contributed by atoms with Gasteiger partial charge in [0.1, 0.15) is 17.9 Å². The second-order valence-electron chi connectivity index (χ2n) is 5.68. The minimum atomic E-state index is -4.58. The molecule has 9 heteroatoms. The molecule has 0 aromatic carbocycles. The van der Waals surface area contributed by atoms with E-state index in [2.05, 4.69) is 5.32 Å². The van der Waals surface area contributed by atoms with E-state index in [1.54, 1.807) is 6.07 Å². The van der Waals surface area contributed by atoms with E-state index in [-0.39, 0.29) is 42.4 Å². The number of likely N-dealkylation sites (tertiary alicyclic amines) is 1. The van der Waals surface area contributed by atoms with Crippen LogP contribution >= 0.6 is 0 Å². The molecule has 2 amide bonds. The van der Waals surface area contributed by atoms with E-state index >= 15 is 0 Å². The topological polar surface area (TPSA) is 86.3 Å². The molecule has 2 rings (SSSR count). The number of carbonyl (C=O) groups is 2. The highest BCUT2D eigenvalue weighted by Crippen LogP contribution is 2.33. The second-order valence-corrected chi connectivity index (χ2v) is 5.68. The van der Waals surface area contributed by atoms with Crippen LogP contribution in [0, 0.1) is 18.3 Å². The number of hydrogen-bond donors (Lipinski definition) is 1. The molecule has 0 bridgehead atoms. The summed E-state index contributed by atoms with van der Waals surface area (Å²) in [6.45, 7) is 2.42. The highest BCUT2D eigenvalue weighted by Gasteiger charge is 2.48. The van der Waals surface area contributed by atoms with Crippen molar-refractivity contribution in [3.8, 4) is 6.07 Å². The maximum absolute atomic E-state index is 13.3. The number of nitrogens with one attached hydrogen (secondary N) is 1. The fourth-order valence-electron chi connectivity index (χ4n) is 2.85. The first-order valence-electron chi connectivity index (χ1n) is 7.28. The number of furan rings is 1. The molecule has 0 spiro atoms. The molecular weight excluding hydrogens is 327 g/mol. The Hall–Kier alpha value is -2.50. The molecule has 1 N–H and O–H groups in total. The van der Waals surface area contributed by atoms with Crippen LogP contribution in [0.3, 0.4) is 0 Å². The average molecular weight is 343 g/mol. The van der Waals surface area contributed by atoms with E-state index < -0.39 is 24.2 Å². The third-order valence-corrected chi connectivity index (χ3v) is 3.89. The van der Waals surface area contributed by atoms with Gasteiger partial charge in [-0.2, -0.15) is 18.4 Å². The van der Waals surface area contributed by atoms with Crippen LogP contribution in [0.5, 0.6) is 0 Å². The number of piperidine rings is 1. The molecule has 0 saturated carbocycles. The van der Waals surface area contributed by atoms with Crippen molar-refractivity contribution in [2.75, 3.05) is 6.54 Å². The number of halogens is 3. The molecule has 1 fully saturated rings. The normalized spacial score (nSPS) is 21.2. The Kier molecular flexibility index (Phi) is 4.87. The number of nitriles is 1. The van der Waals surface area contributed by atoms with Gasteiger partial charge in [0.05, 0.1) is 5.56 Å². The van der Waals surface area contributed by atoms with Crippen molar-refractivity contribution in [1.82, 2.24) is 10.2 Å². The maximum atomic E-state index is 13.3. The first-order chi connectivity index (χ1) is 11.1. The average Bonchev–Trinajstić information content (AvgIpc) is 2.85. The summed E-state index contributed by atoms with van der Waals surface area (Å²) in [5.41, 5.74) is -0.0794. The number of amides is 2. The van der Waals surface area contributed by atoms with E-state index in [1.807, 2.05) is 0 Å². The Labute approximate surface area is 136 Å². The summed E-state index contributed by atoms with van der Waals surface area (Å²) < 4.78 is 44.8. The first kappa shape index (κ1) is 17.8. The molecule has 1 aliphatic rings. The summed E-state index contributed by atoms with van der Waals surface area (Å²) in [5, 5.41) is 11.3. The van der Waals surface area contributed by atoms with Crippen molar-refractivity contribution in [3.63, 3.8) is 0 Å². The molecule has 1 aromatic heterocycles. The monoisotopic (exact) mass is 343 g/mol. The van der Waals surface area contributed by atoms with Crippen LogP contribution in [-0.4, -0.2) is 41.5 Å². The number of alkyl halides is 3. The van der Waals surface area contributed by atoms with Crippen molar-refractivity contribution >= 4 is 11.8 Å². The Morgan fingerprint density at radius 2 is 2.08 bits per heavy atom. The Bertz CT molecular complexity index is 690. The quantitative estimate of drug-likeness (QED) is 0.891. The highest BCUT2D eigenvalue weighted by atomic mass is 19.4. The minimum absolute atomic E-state index is 0.0794. The Morgan fingerprint density at radius 1 is 1.42 bits per heavy atom. The van der Waals surface area contributed by atoms with Gasteiger partial charge in [0.15, 0.2) is 0 Å². The zero-order valence-electron chi connectivity index (χ0n) is 13.1. The Morgan fingerprint density at radius 3 is 2.58 bits per heavy atom. The van der Waals surface area contributed by atoms with Gasteiger partial charge in [-0.25, -0.2) is 0 Å². The van der Waals surface area contributed by atoms with Crippen molar-refractivity contribution < 1.29 is 27.2 Å². The SMILES string of the molecule is CC(=O)N[C@@H]1CC[C@@H](C(F)(F)F)N(C(=O)c2cc(C#N)oc2C)C1. The summed E-state index contributed by atoms with van der Waals surface area (Å²) in [6, 6.07) is 0.354. The summed E-state index contributed by atoms with van der Waals surface area (Å²) in [6.07, 6.45) is -4.75. The second kappa shape index (κ2) is 6.55. The standard InChI is InChI=1S/C15H16F3N3O3/c1-8-12(5-11(6-19)24-8)14(23)21-7-10(20-9(2)22)3-4-13(21)15(16,17)18/h5,10,13H,3-4,7H2,1-2H3,(H,20,22)/t10-,13+/m1/s1. The Balaban J connectivity index is 2.32. The molecular formula is C15H16F3N3O3. The van der Waals surface area contributed by atoms with Crippen molar-refractivity contribution in [1.29, 1.82) is 5.26 Å². The molecule has 1 saturated heterocycles.